The van der Waals surface area contributed by atoms with Gasteiger partial charge in [0.05, 0.1) is 16.3 Å². The smallest absolute Gasteiger partial charge is 0.266 e. The first kappa shape index (κ1) is 13.3. The summed E-state index contributed by atoms with van der Waals surface area (Å²) in [5.41, 5.74) is 6.32. The largest absolute Gasteiger partial charge is 0.320 e. The third kappa shape index (κ3) is 3.22. The number of rotatable bonds is 2. The number of amides is 1. The molecule has 0 radical (unpaired) electrons. The molecule has 5 nitrogen and oxygen atoms in total. The van der Waals surface area contributed by atoms with Crippen LogP contribution in [-0.2, 0) is 7.05 Å². The minimum atomic E-state index is -0.174. The van der Waals surface area contributed by atoms with Gasteiger partial charge in [0.2, 0.25) is 0 Å². The lowest BCUT2D eigenvalue weighted by molar-refractivity contribution is 0.103. The molecule has 19 heavy (non-hydrogen) atoms. The molecule has 2 heterocycles. The third-order valence-corrected chi connectivity index (χ3v) is 3.55. The zero-order valence-corrected chi connectivity index (χ0v) is 11.5. The maximum absolute atomic E-state index is 12.0. The van der Waals surface area contributed by atoms with Crippen molar-refractivity contribution in [1.29, 1.82) is 0 Å². The predicted octanol–water partition coefficient (Wildman–Crippen LogP) is 1.35. The Kier molecular flexibility index (Phi) is 4.00. The molecule has 2 aromatic heterocycles. The Bertz CT molecular complexity index is 660. The molecule has 0 bridgehead atoms. The minimum Gasteiger partial charge on any atom is -0.320 e. The van der Waals surface area contributed by atoms with E-state index in [2.05, 4.69) is 22.3 Å². The summed E-state index contributed by atoms with van der Waals surface area (Å²) in [6.07, 6.45) is 1.77. The fourth-order valence-corrected chi connectivity index (χ4v) is 2.45. The number of nitrogens with zero attached hydrogens (tertiary/aromatic N) is 2. The van der Waals surface area contributed by atoms with E-state index in [-0.39, 0.29) is 5.91 Å². The van der Waals surface area contributed by atoms with Gasteiger partial charge in [0.25, 0.3) is 5.91 Å². The summed E-state index contributed by atoms with van der Waals surface area (Å²) in [4.78, 5) is 13.5. The molecule has 0 saturated carbocycles. The van der Waals surface area contributed by atoms with Crippen LogP contribution >= 0.6 is 11.3 Å². The van der Waals surface area contributed by atoms with Crippen LogP contribution in [0.1, 0.15) is 20.1 Å². The highest BCUT2D eigenvalue weighted by Gasteiger charge is 2.12. The van der Waals surface area contributed by atoms with E-state index >= 15 is 0 Å². The Morgan fingerprint density at radius 3 is 3.05 bits per heavy atom. The second kappa shape index (κ2) is 5.69. The molecule has 0 unspecified atom stereocenters. The summed E-state index contributed by atoms with van der Waals surface area (Å²) in [5.74, 6) is 6.11. The van der Waals surface area contributed by atoms with Crippen molar-refractivity contribution >= 4 is 23.1 Å². The molecule has 0 atom stereocenters. The quantitative estimate of drug-likeness (QED) is 0.812. The molecule has 98 valence electrons. The number of anilines is 1. The second-order valence-electron chi connectivity index (χ2n) is 3.96. The second-order valence-corrected chi connectivity index (χ2v) is 5.01. The molecule has 2 aromatic rings. The minimum absolute atomic E-state index is 0.174. The maximum Gasteiger partial charge on any atom is 0.266 e. The highest BCUT2D eigenvalue weighted by molar-refractivity contribution is 7.14. The molecule has 0 saturated heterocycles. The zero-order chi connectivity index (χ0) is 13.8. The highest BCUT2D eigenvalue weighted by Crippen LogP contribution is 2.21. The number of carbonyl (C=O) groups is 1. The van der Waals surface area contributed by atoms with Crippen LogP contribution in [0.2, 0.25) is 0 Å². The average molecular weight is 274 g/mol. The summed E-state index contributed by atoms with van der Waals surface area (Å²) in [6, 6.07) is 3.57. The van der Waals surface area contributed by atoms with Crippen LogP contribution in [0, 0.1) is 18.8 Å². The Morgan fingerprint density at radius 2 is 2.42 bits per heavy atom. The molecule has 0 aliphatic carbocycles. The van der Waals surface area contributed by atoms with Crippen molar-refractivity contribution in [3.05, 3.63) is 33.6 Å². The first-order valence-corrected chi connectivity index (χ1v) is 6.52. The molecule has 0 aromatic carbocycles. The summed E-state index contributed by atoms with van der Waals surface area (Å²) in [5, 5.41) is 6.84. The van der Waals surface area contributed by atoms with E-state index in [1.165, 1.54) is 11.3 Å². The molecule has 6 heteroatoms. The predicted molar refractivity (Wildman–Crippen MR) is 76.1 cm³/mol. The van der Waals surface area contributed by atoms with E-state index in [9.17, 15) is 4.79 Å². The van der Waals surface area contributed by atoms with Crippen molar-refractivity contribution in [3.8, 4) is 11.8 Å². The van der Waals surface area contributed by atoms with Crippen molar-refractivity contribution in [2.24, 2.45) is 12.8 Å². The Labute approximate surface area is 115 Å². The van der Waals surface area contributed by atoms with Crippen molar-refractivity contribution in [2.45, 2.75) is 6.92 Å². The van der Waals surface area contributed by atoms with Gasteiger partial charge in [-0.05, 0) is 18.6 Å². The van der Waals surface area contributed by atoms with Gasteiger partial charge >= 0.3 is 0 Å². The number of aryl methyl sites for hydroxylation is 2. The van der Waals surface area contributed by atoms with E-state index in [4.69, 9.17) is 5.73 Å². The molecule has 1 amide bonds. The first-order chi connectivity index (χ1) is 9.10. The van der Waals surface area contributed by atoms with Gasteiger partial charge in [0.1, 0.15) is 0 Å². The lowest BCUT2D eigenvalue weighted by Gasteiger charge is -1.97. The summed E-state index contributed by atoms with van der Waals surface area (Å²) in [7, 11) is 1.80. The Hall–Kier alpha value is -2.10. The SMILES string of the molecule is Cc1cc(C(=O)Nc2ccn(C)n2)sc1C#CCN. The molecule has 0 aliphatic heterocycles. The van der Waals surface area contributed by atoms with Crippen LogP contribution in [-0.4, -0.2) is 22.2 Å². The van der Waals surface area contributed by atoms with Gasteiger partial charge in [-0.2, -0.15) is 5.10 Å². The summed E-state index contributed by atoms with van der Waals surface area (Å²) >= 11 is 1.36. The van der Waals surface area contributed by atoms with Gasteiger partial charge in [-0.25, -0.2) is 0 Å². The number of aromatic nitrogens is 2. The number of thiophene rings is 1. The van der Waals surface area contributed by atoms with E-state index in [0.717, 1.165) is 10.4 Å². The monoisotopic (exact) mass is 274 g/mol. The number of nitrogens with one attached hydrogen (secondary N) is 1. The fraction of sp³-hybridized carbons (Fsp3) is 0.231. The highest BCUT2D eigenvalue weighted by atomic mass is 32.1. The van der Waals surface area contributed by atoms with Crippen molar-refractivity contribution in [3.63, 3.8) is 0 Å². The van der Waals surface area contributed by atoms with E-state index in [1.54, 1.807) is 24.0 Å². The molecular weight excluding hydrogens is 260 g/mol. The maximum atomic E-state index is 12.0. The van der Waals surface area contributed by atoms with Crippen LogP contribution in [0.15, 0.2) is 18.3 Å². The molecule has 0 spiro atoms. The number of hydrogen-bond acceptors (Lipinski definition) is 4. The fourth-order valence-electron chi connectivity index (χ4n) is 1.51. The average Bonchev–Trinajstić information content (AvgIpc) is 2.93. The van der Waals surface area contributed by atoms with Gasteiger partial charge in [0, 0.05) is 19.3 Å². The van der Waals surface area contributed by atoms with Crippen molar-refractivity contribution in [1.82, 2.24) is 9.78 Å². The lowest BCUT2D eigenvalue weighted by atomic mass is 10.2. The number of nitrogens with two attached hydrogens (primary N) is 1. The molecule has 0 aliphatic rings. The Morgan fingerprint density at radius 1 is 1.63 bits per heavy atom. The zero-order valence-electron chi connectivity index (χ0n) is 10.7. The van der Waals surface area contributed by atoms with E-state index < -0.39 is 0 Å². The van der Waals surface area contributed by atoms with Crippen molar-refractivity contribution < 1.29 is 4.79 Å². The van der Waals surface area contributed by atoms with Crippen LogP contribution in [0.25, 0.3) is 0 Å². The van der Waals surface area contributed by atoms with Crippen molar-refractivity contribution in [2.75, 3.05) is 11.9 Å². The molecule has 2 rings (SSSR count). The third-order valence-electron chi connectivity index (χ3n) is 2.40. The number of carbonyl (C=O) groups excluding carboxylic acids is 1. The van der Waals surface area contributed by atoms with E-state index in [0.29, 0.717) is 17.2 Å². The summed E-state index contributed by atoms with van der Waals surface area (Å²) < 4.78 is 1.63. The topological polar surface area (TPSA) is 72.9 Å². The first-order valence-electron chi connectivity index (χ1n) is 5.70. The molecule has 3 N–H and O–H groups in total. The van der Waals surface area contributed by atoms with Crippen LogP contribution < -0.4 is 11.1 Å². The molecule has 0 fully saturated rings. The standard InChI is InChI=1S/C13H14N4OS/c1-9-8-11(19-10(9)4-3-6-14)13(18)15-12-5-7-17(2)16-12/h5,7-8H,6,14H2,1-2H3,(H,15,16,18). The normalized spacial score (nSPS) is 9.84. The Balaban J connectivity index is 2.15. The van der Waals surface area contributed by atoms with Gasteiger partial charge < -0.3 is 11.1 Å². The lowest BCUT2D eigenvalue weighted by Crippen LogP contribution is -2.10. The summed E-state index contributed by atoms with van der Waals surface area (Å²) in [6.45, 7) is 2.24. The van der Waals surface area contributed by atoms with Crippen LogP contribution in [0.5, 0.6) is 0 Å². The van der Waals surface area contributed by atoms with Gasteiger partial charge in [-0.3, -0.25) is 9.48 Å². The van der Waals surface area contributed by atoms with Crippen LogP contribution in [0.3, 0.4) is 0 Å². The van der Waals surface area contributed by atoms with Gasteiger partial charge in [-0.1, -0.05) is 11.8 Å². The van der Waals surface area contributed by atoms with Crippen LogP contribution in [0.4, 0.5) is 5.82 Å². The number of hydrogen-bond donors (Lipinski definition) is 2. The van der Waals surface area contributed by atoms with E-state index in [1.807, 2.05) is 13.0 Å². The van der Waals surface area contributed by atoms with Gasteiger partial charge in [0.15, 0.2) is 5.82 Å². The van der Waals surface area contributed by atoms with Gasteiger partial charge in [-0.15, -0.1) is 11.3 Å². The molecular formula is C13H14N4OS.